The number of aryl methyl sites for hydroxylation is 2. The van der Waals surface area contributed by atoms with Crippen LogP contribution >= 0.6 is 0 Å². The van der Waals surface area contributed by atoms with Crippen LogP contribution in [0.15, 0.2) is 24.5 Å². The molecule has 1 amide bonds. The molecule has 1 atom stereocenters. The van der Waals surface area contributed by atoms with Crippen molar-refractivity contribution in [3.8, 4) is 0 Å². The molecule has 0 spiro atoms. The lowest BCUT2D eigenvalue weighted by molar-refractivity contribution is -0.122. The molecular formula is C17H20F2N4O. The van der Waals surface area contributed by atoms with Crippen molar-refractivity contribution in [3.05, 3.63) is 47.5 Å². The van der Waals surface area contributed by atoms with Crippen molar-refractivity contribution in [2.24, 2.45) is 5.92 Å². The van der Waals surface area contributed by atoms with Crippen LogP contribution in [0.2, 0.25) is 0 Å². The summed E-state index contributed by atoms with van der Waals surface area (Å²) in [7, 11) is 0. The van der Waals surface area contributed by atoms with Gasteiger partial charge in [-0.05, 0) is 49.8 Å². The van der Waals surface area contributed by atoms with Gasteiger partial charge in [0.1, 0.15) is 12.2 Å². The predicted molar refractivity (Wildman–Crippen MR) is 84.0 cm³/mol. The van der Waals surface area contributed by atoms with Gasteiger partial charge in [-0.25, -0.2) is 18.4 Å². The molecule has 1 aliphatic rings. The maximum atomic E-state index is 13.2. The van der Waals surface area contributed by atoms with E-state index in [1.54, 1.807) is 4.68 Å². The number of benzene rings is 1. The Morgan fingerprint density at radius 1 is 1.38 bits per heavy atom. The zero-order valence-corrected chi connectivity index (χ0v) is 13.5. The molecule has 0 aliphatic heterocycles. The Labute approximate surface area is 139 Å². The summed E-state index contributed by atoms with van der Waals surface area (Å²) in [6.45, 7) is 2.68. The van der Waals surface area contributed by atoms with Crippen molar-refractivity contribution in [1.29, 1.82) is 0 Å². The van der Waals surface area contributed by atoms with Gasteiger partial charge in [-0.1, -0.05) is 6.07 Å². The monoisotopic (exact) mass is 334 g/mol. The topological polar surface area (TPSA) is 59.8 Å². The highest BCUT2D eigenvalue weighted by molar-refractivity contribution is 5.76. The van der Waals surface area contributed by atoms with Crippen molar-refractivity contribution in [2.45, 2.75) is 45.2 Å². The molecule has 1 heterocycles. The molecule has 7 heteroatoms. The molecule has 1 aromatic heterocycles. The van der Waals surface area contributed by atoms with E-state index in [1.807, 2.05) is 6.92 Å². The fourth-order valence-electron chi connectivity index (χ4n) is 2.78. The van der Waals surface area contributed by atoms with Crippen molar-refractivity contribution in [2.75, 3.05) is 0 Å². The Morgan fingerprint density at radius 3 is 2.83 bits per heavy atom. The largest absolute Gasteiger partial charge is 0.346 e. The van der Waals surface area contributed by atoms with Gasteiger partial charge in [0.05, 0.1) is 6.04 Å². The van der Waals surface area contributed by atoms with E-state index < -0.39 is 11.6 Å². The summed E-state index contributed by atoms with van der Waals surface area (Å²) in [4.78, 5) is 16.6. The van der Waals surface area contributed by atoms with Crippen LogP contribution in [0.5, 0.6) is 0 Å². The van der Waals surface area contributed by atoms with Gasteiger partial charge < -0.3 is 5.32 Å². The molecule has 0 radical (unpaired) electrons. The summed E-state index contributed by atoms with van der Waals surface area (Å²) in [5.74, 6) is -0.717. The molecule has 1 N–H and O–H groups in total. The minimum Gasteiger partial charge on any atom is -0.346 e. The summed E-state index contributed by atoms with van der Waals surface area (Å²) < 4.78 is 27.9. The molecule has 1 aromatic carbocycles. The first-order chi connectivity index (χ1) is 11.6. The predicted octanol–water partition coefficient (Wildman–Crippen LogP) is 2.78. The number of rotatable bonds is 7. The van der Waals surface area contributed by atoms with E-state index in [4.69, 9.17) is 0 Å². The first-order valence-electron chi connectivity index (χ1n) is 8.19. The van der Waals surface area contributed by atoms with Crippen LogP contribution in [0.25, 0.3) is 0 Å². The number of nitrogens with one attached hydrogen (secondary N) is 1. The molecule has 5 nitrogen and oxygen atoms in total. The van der Waals surface area contributed by atoms with Gasteiger partial charge in [0, 0.05) is 13.0 Å². The Balaban J connectivity index is 1.61. The standard InChI is InChI=1S/C17H20F2N4O/c1-2-23-17(20-10-21-23)16(12-5-6-12)22-15(24)8-4-11-3-7-13(18)14(19)9-11/h3,7,9-10,12,16H,2,4-6,8H2,1H3,(H,22,24)/t16-/m1/s1. The van der Waals surface area contributed by atoms with Gasteiger partial charge in [-0.3, -0.25) is 4.79 Å². The number of nitrogens with zero attached hydrogens (tertiary/aromatic N) is 3. The molecule has 1 saturated carbocycles. The molecular weight excluding hydrogens is 314 g/mol. The summed E-state index contributed by atoms with van der Waals surface area (Å²) in [5, 5.41) is 7.18. The van der Waals surface area contributed by atoms with Gasteiger partial charge in [0.15, 0.2) is 11.6 Å². The highest BCUT2D eigenvalue weighted by Gasteiger charge is 2.36. The van der Waals surface area contributed by atoms with E-state index in [0.717, 1.165) is 30.8 Å². The average Bonchev–Trinajstić information content (AvgIpc) is 3.30. The van der Waals surface area contributed by atoms with Crippen molar-refractivity contribution in [3.63, 3.8) is 0 Å². The van der Waals surface area contributed by atoms with Gasteiger partial charge >= 0.3 is 0 Å². The van der Waals surface area contributed by atoms with Gasteiger partial charge in [-0.2, -0.15) is 5.10 Å². The zero-order valence-electron chi connectivity index (χ0n) is 13.5. The van der Waals surface area contributed by atoms with Crippen molar-refractivity contribution in [1.82, 2.24) is 20.1 Å². The lowest BCUT2D eigenvalue weighted by Gasteiger charge is -2.18. The van der Waals surface area contributed by atoms with Crippen LogP contribution < -0.4 is 5.32 Å². The van der Waals surface area contributed by atoms with Crippen LogP contribution in [-0.4, -0.2) is 20.7 Å². The van der Waals surface area contributed by atoms with Gasteiger partial charge in [-0.15, -0.1) is 0 Å². The van der Waals surface area contributed by atoms with Crippen molar-refractivity contribution >= 4 is 5.91 Å². The zero-order chi connectivity index (χ0) is 17.1. The lowest BCUT2D eigenvalue weighted by atomic mass is 10.1. The normalized spacial score (nSPS) is 15.3. The number of amides is 1. The minimum absolute atomic E-state index is 0.123. The SMILES string of the molecule is CCn1ncnc1[C@H](NC(=O)CCc1ccc(F)c(F)c1)C1CC1. The third-order valence-corrected chi connectivity index (χ3v) is 4.26. The average molecular weight is 334 g/mol. The second-order valence-corrected chi connectivity index (χ2v) is 6.07. The molecule has 0 bridgehead atoms. The first-order valence-corrected chi connectivity index (χ1v) is 8.19. The molecule has 128 valence electrons. The second-order valence-electron chi connectivity index (χ2n) is 6.07. The summed E-state index contributed by atoms with van der Waals surface area (Å²) in [5.41, 5.74) is 0.601. The van der Waals surface area contributed by atoms with E-state index in [1.165, 1.54) is 12.4 Å². The highest BCUT2D eigenvalue weighted by atomic mass is 19.2. The fourth-order valence-corrected chi connectivity index (χ4v) is 2.78. The number of carbonyl (C=O) groups is 1. The van der Waals surface area contributed by atoms with Crippen LogP contribution in [0.1, 0.15) is 43.6 Å². The Hall–Kier alpha value is -2.31. The molecule has 1 aliphatic carbocycles. The molecule has 3 rings (SSSR count). The third kappa shape index (κ3) is 3.77. The van der Waals surface area contributed by atoms with E-state index in [0.29, 0.717) is 24.4 Å². The van der Waals surface area contributed by atoms with E-state index in [9.17, 15) is 13.6 Å². The molecule has 0 unspecified atom stereocenters. The maximum Gasteiger partial charge on any atom is 0.220 e. The Kier molecular flexibility index (Phi) is 4.87. The molecule has 0 saturated heterocycles. The fraction of sp³-hybridized carbons (Fsp3) is 0.471. The number of aromatic nitrogens is 3. The summed E-state index contributed by atoms with van der Waals surface area (Å²) in [6, 6.07) is 3.58. The quantitative estimate of drug-likeness (QED) is 0.847. The molecule has 1 fully saturated rings. The van der Waals surface area contributed by atoms with E-state index in [2.05, 4.69) is 15.4 Å². The van der Waals surface area contributed by atoms with Crippen LogP contribution in [0.3, 0.4) is 0 Å². The summed E-state index contributed by atoms with van der Waals surface area (Å²) in [6.07, 6.45) is 4.20. The lowest BCUT2D eigenvalue weighted by Crippen LogP contribution is -2.32. The smallest absolute Gasteiger partial charge is 0.220 e. The molecule has 24 heavy (non-hydrogen) atoms. The third-order valence-electron chi connectivity index (χ3n) is 4.26. The first kappa shape index (κ1) is 16.5. The summed E-state index contributed by atoms with van der Waals surface area (Å²) >= 11 is 0. The van der Waals surface area contributed by atoms with Gasteiger partial charge in [0.2, 0.25) is 5.91 Å². The van der Waals surface area contributed by atoms with Crippen LogP contribution in [-0.2, 0) is 17.8 Å². The second kappa shape index (κ2) is 7.07. The number of carbonyl (C=O) groups excluding carboxylic acids is 1. The number of hydrogen-bond donors (Lipinski definition) is 1. The highest BCUT2D eigenvalue weighted by Crippen LogP contribution is 2.40. The van der Waals surface area contributed by atoms with Gasteiger partial charge in [0.25, 0.3) is 0 Å². The van der Waals surface area contributed by atoms with Crippen LogP contribution in [0.4, 0.5) is 8.78 Å². The Morgan fingerprint density at radius 2 is 2.17 bits per heavy atom. The molecule has 2 aromatic rings. The van der Waals surface area contributed by atoms with Crippen molar-refractivity contribution < 1.29 is 13.6 Å². The minimum atomic E-state index is -0.889. The number of hydrogen-bond acceptors (Lipinski definition) is 3. The van der Waals surface area contributed by atoms with E-state index in [-0.39, 0.29) is 18.4 Å². The number of halogens is 2. The van der Waals surface area contributed by atoms with Crippen LogP contribution in [0, 0.1) is 17.6 Å². The van der Waals surface area contributed by atoms with E-state index >= 15 is 0 Å². The maximum absolute atomic E-state index is 13.2. The Bertz CT molecular complexity index is 727.